The summed E-state index contributed by atoms with van der Waals surface area (Å²) < 4.78 is 0. The molecule has 1 N–H and O–H groups in total. The van der Waals surface area contributed by atoms with Crippen LogP contribution in [-0.4, -0.2) is 54.6 Å². The van der Waals surface area contributed by atoms with Crippen LogP contribution in [0.15, 0.2) is 0 Å². The molecule has 4 heteroatoms. The zero-order chi connectivity index (χ0) is 12.3. The number of urea groups is 1. The molecule has 1 saturated heterocycles. The molecule has 17 heavy (non-hydrogen) atoms. The van der Waals surface area contributed by atoms with Crippen molar-refractivity contribution < 1.29 is 4.79 Å². The molecule has 4 nitrogen and oxygen atoms in total. The maximum absolute atomic E-state index is 11.9. The third-order valence-corrected chi connectivity index (χ3v) is 3.66. The smallest absolute Gasteiger partial charge is 0.317 e. The summed E-state index contributed by atoms with van der Waals surface area (Å²) >= 11 is 0. The van der Waals surface area contributed by atoms with Gasteiger partial charge in [0.1, 0.15) is 0 Å². The first-order valence-corrected chi connectivity index (χ1v) is 6.93. The van der Waals surface area contributed by atoms with Crippen LogP contribution >= 0.6 is 0 Å². The normalized spacial score (nSPS) is 21.9. The fourth-order valence-electron chi connectivity index (χ4n) is 2.31. The number of amides is 2. The lowest BCUT2D eigenvalue weighted by Crippen LogP contribution is -2.52. The number of hydrogen-bond acceptors (Lipinski definition) is 2. The Morgan fingerprint density at radius 3 is 2.41 bits per heavy atom. The standard InChI is InChI=1S/C13H25N3O/c1-11(2)5-6-14-13(17)16-9-7-15(8-10-16)12-3-4-12/h11-12H,3-10H2,1-2H3,(H,14,17). The van der Waals surface area contributed by atoms with Crippen LogP contribution in [-0.2, 0) is 0 Å². The number of carbonyl (C=O) groups is 1. The van der Waals surface area contributed by atoms with Gasteiger partial charge in [0.15, 0.2) is 0 Å². The summed E-state index contributed by atoms with van der Waals surface area (Å²) in [5.74, 6) is 0.655. The van der Waals surface area contributed by atoms with Crippen LogP contribution in [0.2, 0.25) is 0 Å². The Bertz CT molecular complexity index is 255. The SMILES string of the molecule is CC(C)CCNC(=O)N1CCN(C2CC2)CC1. The van der Waals surface area contributed by atoms with E-state index in [0.717, 1.165) is 45.2 Å². The van der Waals surface area contributed by atoms with E-state index in [1.165, 1.54) is 12.8 Å². The van der Waals surface area contributed by atoms with Gasteiger partial charge in [-0.15, -0.1) is 0 Å². The van der Waals surface area contributed by atoms with E-state index in [1.807, 2.05) is 4.90 Å². The van der Waals surface area contributed by atoms with Gasteiger partial charge in [-0.05, 0) is 25.2 Å². The predicted octanol–water partition coefficient (Wildman–Crippen LogP) is 1.52. The summed E-state index contributed by atoms with van der Waals surface area (Å²) in [4.78, 5) is 16.4. The summed E-state index contributed by atoms with van der Waals surface area (Å²) in [5.41, 5.74) is 0. The zero-order valence-corrected chi connectivity index (χ0v) is 11.1. The van der Waals surface area contributed by atoms with Gasteiger partial charge in [-0.3, -0.25) is 4.90 Å². The molecule has 0 radical (unpaired) electrons. The maximum atomic E-state index is 11.9. The third-order valence-electron chi connectivity index (χ3n) is 3.66. The molecule has 1 aliphatic heterocycles. The second kappa shape index (κ2) is 5.71. The van der Waals surface area contributed by atoms with Crippen LogP contribution < -0.4 is 5.32 Å². The van der Waals surface area contributed by atoms with E-state index < -0.39 is 0 Å². The lowest BCUT2D eigenvalue weighted by Gasteiger charge is -2.34. The lowest BCUT2D eigenvalue weighted by molar-refractivity contribution is 0.134. The predicted molar refractivity (Wildman–Crippen MR) is 69.0 cm³/mol. The van der Waals surface area contributed by atoms with Crippen LogP contribution in [0.3, 0.4) is 0 Å². The quantitative estimate of drug-likeness (QED) is 0.807. The largest absolute Gasteiger partial charge is 0.338 e. The van der Waals surface area contributed by atoms with Crippen LogP contribution in [0, 0.1) is 5.92 Å². The minimum atomic E-state index is 0.126. The van der Waals surface area contributed by atoms with Gasteiger partial charge in [0.2, 0.25) is 0 Å². The molecule has 0 spiro atoms. The molecule has 2 fully saturated rings. The Labute approximate surface area is 104 Å². The molecule has 2 aliphatic rings. The fraction of sp³-hybridized carbons (Fsp3) is 0.923. The second-order valence-electron chi connectivity index (χ2n) is 5.67. The molecule has 98 valence electrons. The highest BCUT2D eigenvalue weighted by atomic mass is 16.2. The molecule has 0 aromatic rings. The van der Waals surface area contributed by atoms with Gasteiger partial charge >= 0.3 is 6.03 Å². The highest BCUT2D eigenvalue weighted by Gasteiger charge is 2.32. The number of nitrogens with zero attached hydrogens (tertiary/aromatic N) is 2. The van der Waals surface area contributed by atoms with Crippen molar-refractivity contribution in [3.05, 3.63) is 0 Å². The topological polar surface area (TPSA) is 35.6 Å². The average Bonchev–Trinajstić information content (AvgIpc) is 3.12. The van der Waals surface area contributed by atoms with Gasteiger partial charge < -0.3 is 10.2 Å². The van der Waals surface area contributed by atoms with E-state index in [-0.39, 0.29) is 6.03 Å². The summed E-state index contributed by atoms with van der Waals surface area (Å²) in [5, 5.41) is 3.01. The zero-order valence-electron chi connectivity index (χ0n) is 11.1. The summed E-state index contributed by atoms with van der Waals surface area (Å²) in [7, 11) is 0. The molecule has 0 atom stereocenters. The molecule has 0 unspecified atom stereocenters. The molecule has 1 heterocycles. The Balaban J connectivity index is 1.63. The third kappa shape index (κ3) is 3.87. The molecule has 0 aromatic carbocycles. The van der Waals surface area contributed by atoms with Gasteiger partial charge in [0, 0.05) is 38.8 Å². The van der Waals surface area contributed by atoms with Crippen molar-refractivity contribution in [2.24, 2.45) is 5.92 Å². The highest BCUT2D eigenvalue weighted by Crippen LogP contribution is 2.27. The van der Waals surface area contributed by atoms with E-state index in [2.05, 4.69) is 24.1 Å². The lowest BCUT2D eigenvalue weighted by atomic mass is 10.1. The first-order valence-electron chi connectivity index (χ1n) is 6.93. The maximum Gasteiger partial charge on any atom is 0.317 e. The van der Waals surface area contributed by atoms with E-state index in [4.69, 9.17) is 0 Å². The van der Waals surface area contributed by atoms with E-state index in [9.17, 15) is 4.79 Å². The number of carbonyl (C=O) groups excluding carboxylic acids is 1. The first kappa shape index (κ1) is 12.7. The minimum Gasteiger partial charge on any atom is -0.338 e. The van der Waals surface area contributed by atoms with Crippen molar-refractivity contribution in [3.8, 4) is 0 Å². The second-order valence-corrected chi connectivity index (χ2v) is 5.67. The van der Waals surface area contributed by atoms with E-state index >= 15 is 0 Å². The van der Waals surface area contributed by atoms with Crippen molar-refractivity contribution >= 4 is 6.03 Å². The van der Waals surface area contributed by atoms with Crippen molar-refractivity contribution in [1.82, 2.24) is 15.1 Å². The van der Waals surface area contributed by atoms with Crippen LogP contribution in [0.25, 0.3) is 0 Å². The number of rotatable bonds is 4. The molecule has 1 aliphatic carbocycles. The van der Waals surface area contributed by atoms with Crippen molar-refractivity contribution in [2.75, 3.05) is 32.7 Å². The van der Waals surface area contributed by atoms with Gasteiger partial charge in [-0.2, -0.15) is 0 Å². The van der Waals surface area contributed by atoms with Gasteiger partial charge in [-0.1, -0.05) is 13.8 Å². The molecular formula is C13H25N3O. The molecule has 2 rings (SSSR count). The van der Waals surface area contributed by atoms with Gasteiger partial charge in [0.25, 0.3) is 0 Å². The Hall–Kier alpha value is -0.770. The first-order chi connectivity index (χ1) is 8.16. The highest BCUT2D eigenvalue weighted by molar-refractivity contribution is 5.74. The number of hydrogen-bond donors (Lipinski definition) is 1. The molecule has 0 aromatic heterocycles. The Kier molecular flexibility index (Phi) is 4.26. The van der Waals surface area contributed by atoms with E-state index in [0.29, 0.717) is 5.92 Å². The average molecular weight is 239 g/mol. The Morgan fingerprint density at radius 2 is 1.88 bits per heavy atom. The molecule has 1 saturated carbocycles. The molecule has 2 amide bonds. The molecule has 0 bridgehead atoms. The Morgan fingerprint density at radius 1 is 1.24 bits per heavy atom. The van der Waals surface area contributed by atoms with Crippen LogP contribution in [0.5, 0.6) is 0 Å². The summed E-state index contributed by atoms with van der Waals surface area (Å²) in [6, 6.07) is 0.960. The minimum absolute atomic E-state index is 0.126. The van der Waals surface area contributed by atoms with Crippen molar-refractivity contribution in [2.45, 2.75) is 39.2 Å². The number of nitrogens with one attached hydrogen (secondary N) is 1. The van der Waals surface area contributed by atoms with E-state index in [1.54, 1.807) is 0 Å². The fourth-order valence-corrected chi connectivity index (χ4v) is 2.31. The summed E-state index contributed by atoms with van der Waals surface area (Å²) in [6.45, 7) is 9.07. The van der Waals surface area contributed by atoms with Crippen LogP contribution in [0.4, 0.5) is 4.79 Å². The van der Waals surface area contributed by atoms with Crippen molar-refractivity contribution in [1.29, 1.82) is 0 Å². The van der Waals surface area contributed by atoms with Gasteiger partial charge in [0.05, 0.1) is 0 Å². The molecular weight excluding hydrogens is 214 g/mol. The van der Waals surface area contributed by atoms with Crippen LogP contribution in [0.1, 0.15) is 33.1 Å². The van der Waals surface area contributed by atoms with Crippen molar-refractivity contribution in [3.63, 3.8) is 0 Å². The summed E-state index contributed by atoms with van der Waals surface area (Å²) in [6.07, 6.45) is 3.79. The number of piperazine rings is 1. The van der Waals surface area contributed by atoms with Gasteiger partial charge in [-0.25, -0.2) is 4.79 Å². The monoisotopic (exact) mass is 239 g/mol.